The van der Waals surface area contributed by atoms with Gasteiger partial charge in [0.1, 0.15) is 11.8 Å². The summed E-state index contributed by atoms with van der Waals surface area (Å²) < 4.78 is 5.38. The molecule has 0 bridgehead atoms. The Morgan fingerprint density at radius 2 is 2.35 bits per heavy atom. The van der Waals surface area contributed by atoms with Gasteiger partial charge in [-0.25, -0.2) is 14.6 Å². The summed E-state index contributed by atoms with van der Waals surface area (Å²) >= 11 is 0. The SMILES string of the molecule is CCc1cnc(CNC(=O)N2CCCCC2C(=O)O)o1. The second kappa shape index (κ2) is 6.40. The maximum Gasteiger partial charge on any atom is 0.326 e. The van der Waals surface area contributed by atoms with Crippen molar-refractivity contribution in [2.24, 2.45) is 0 Å². The van der Waals surface area contributed by atoms with Crippen molar-refractivity contribution < 1.29 is 19.1 Å². The molecule has 2 amide bonds. The number of carboxylic acids is 1. The van der Waals surface area contributed by atoms with Gasteiger partial charge in [0.15, 0.2) is 0 Å². The van der Waals surface area contributed by atoms with Crippen LogP contribution < -0.4 is 5.32 Å². The van der Waals surface area contributed by atoms with E-state index in [2.05, 4.69) is 10.3 Å². The first-order valence-electron chi connectivity index (χ1n) is 6.82. The first-order valence-corrected chi connectivity index (χ1v) is 6.82. The van der Waals surface area contributed by atoms with Crippen LogP contribution in [0.1, 0.15) is 37.8 Å². The van der Waals surface area contributed by atoms with Crippen LogP contribution in [0, 0.1) is 0 Å². The highest BCUT2D eigenvalue weighted by atomic mass is 16.4. The van der Waals surface area contributed by atoms with Gasteiger partial charge in [0.25, 0.3) is 0 Å². The molecule has 1 aliphatic heterocycles. The zero-order valence-electron chi connectivity index (χ0n) is 11.5. The van der Waals surface area contributed by atoms with E-state index in [1.165, 1.54) is 4.90 Å². The molecule has 1 aromatic heterocycles. The fraction of sp³-hybridized carbons (Fsp3) is 0.615. The molecule has 2 rings (SSSR count). The number of hydrogen-bond acceptors (Lipinski definition) is 4. The van der Waals surface area contributed by atoms with Crippen molar-refractivity contribution in [1.29, 1.82) is 0 Å². The summed E-state index contributed by atoms with van der Waals surface area (Å²) in [6, 6.07) is -1.12. The maximum atomic E-state index is 12.0. The number of nitrogens with zero attached hydrogens (tertiary/aromatic N) is 2. The monoisotopic (exact) mass is 281 g/mol. The molecular formula is C13H19N3O4. The first kappa shape index (κ1) is 14.4. The summed E-state index contributed by atoms with van der Waals surface area (Å²) in [6.45, 7) is 2.59. The lowest BCUT2D eigenvalue weighted by atomic mass is 10.0. The number of aryl methyl sites for hydroxylation is 1. The molecule has 2 N–H and O–H groups in total. The normalized spacial score (nSPS) is 18.9. The van der Waals surface area contributed by atoms with Gasteiger partial charge < -0.3 is 19.7 Å². The first-order chi connectivity index (χ1) is 9.61. The molecule has 7 nitrogen and oxygen atoms in total. The van der Waals surface area contributed by atoms with E-state index < -0.39 is 12.0 Å². The summed E-state index contributed by atoms with van der Waals surface area (Å²) in [5, 5.41) is 11.8. The summed E-state index contributed by atoms with van der Waals surface area (Å²) in [5.41, 5.74) is 0. The number of carbonyl (C=O) groups is 2. The van der Waals surface area contributed by atoms with Crippen LogP contribution in [0.25, 0.3) is 0 Å². The van der Waals surface area contributed by atoms with E-state index in [0.717, 1.165) is 25.0 Å². The predicted octanol–water partition coefficient (Wildman–Crippen LogP) is 1.39. The van der Waals surface area contributed by atoms with Gasteiger partial charge in [-0.1, -0.05) is 6.92 Å². The van der Waals surface area contributed by atoms with Gasteiger partial charge in [-0.05, 0) is 19.3 Å². The third-order valence-corrected chi connectivity index (χ3v) is 3.39. The van der Waals surface area contributed by atoms with Crippen molar-refractivity contribution >= 4 is 12.0 Å². The van der Waals surface area contributed by atoms with E-state index in [9.17, 15) is 9.59 Å². The van der Waals surface area contributed by atoms with E-state index >= 15 is 0 Å². The van der Waals surface area contributed by atoms with Crippen molar-refractivity contribution in [3.63, 3.8) is 0 Å². The number of hydrogen-bond donors (Lipinski definition) is 2. The van der Waals surface area contributed by atoms with Crippen LogP contribution in [-0.4, -0.2) is 39.6 Å². The van der Waals surface area contributed by atoms with E-state index in [1.807, 2.05) is 6.92 Å². The zero-order chi connectivity index (χ0) is 14.5. The van der Waals surface area contributed by atoms with Gasteiger partial charge in [-0.2, -0.15) is 0 Å². The molecule has 110 valence electrons. The molecule has 0 aromatic carbocycles. The molecule has 20 heavy (non-hydrogen) atoms. The molecule has 0 aliphatic carbocycles. The number of oxazole rings is 1. The van der Waals surface area contributed by atoms with Crippen molar-refractivity contribution in [3.05, 3.63) is 17.8 Å². The Bertz CT molecular complexity index is 486. The van der Waals surface area contributed by atoms with Crippen LogP contribution >= 0.6 is 0 Å². The molecule has 1 aliphatic rings. The Hall–Kier alpha value is -2.05. The minimum Gasteiger partial charge on any atom is -0.480 e. The van der Waals surface area contributed by atoms with Crippen LogP contribution in [0.2, 0.25) is 0 Å². The van der Waals surface area contributed by atoms with Gasteiger partial charge in [0, 0.05) is 13.0 Å². The average Bonchev–Trinajstić information content (AvgIpc) is 2.92. The number of aliphatic carboxylic acids is 1. The number of urea groups is 1. The van der Waals surface area contributed by atoms with Crippen molar-refractivity contribution in [2.45, 2.75) is 45.2 Å². The number of piperidine rings is 1. The Labute approximate surface area is 117 Å². The minimum absolute atomic E-state index is 0.168. The summed E-state index contributed by atoms with van der Waals surface area (Å²) in [6.07, 6.45) is 4.54. The fourth-order valence-corrected chi connectivity index (χ4v) is 2.28. The molecule has 1 saturated heterocycles. The smallest absolute Gasteiger partial charge is 0.326 e. The van der Waals surface area contributed by atoms with Gasteiger partial charge in [-0.3, -0.25) is 0 Å². The number of carboxylic acid groups (broad SMARTS) is 1. The Morgan fingerprint density at radius 1 is 1.55 bits per heavy atom. The van der Waals surface area contributed by atoms with E-state index in [1.54, 1.807) is 6.20 Å². The molecule has 7 heteroatoms. The largest absolute Gasteiger partial charge is 0.480 e. The van der Waals surface area contributed by atoms with Crippen LogP contribution in [-0.2, 0) is 17.8 Å². The van der Waals surface area contributed by atoms with Crippen LogP contribution in [0.4, 0.5) is 4.79 Å². The van der Waals surface area contributed by atoms with Gasteiger partial charge in [0.05, 0.1) is 12.7 Å². The lowest BCUT2D eigenvalue weighted by molar-refractivity contribution is -0.143. The molecule has 0 saturated carbocycles. The topological polar surface area (TPSA) is 95.7 Å². The number of nitrogens with one attached hydrogen (secondary N) is 1. The molecule has 1 unspecified atom stereocenters. The minimum atomic E-state index is -0.954. The number of amides is 2. The average molecular weight is 281 g/mol. The number of likely N-dealkylation sites (tertiary alicyclic amines) is 1. The quantitative estimate of drug-likeness (QED) is 0.869. The Balaban J connectivity index is 1.91. The third-order valence-electron chi connectivity index (χ3n) is 3.39. The van der Waals surface area contributed by atoms with E-state index in [-0.39, 0.29) is 12.6 Å². The van der Waals surface area contributed by atoms with Crippen molar-refractivity contribution in [3.8, 4) is 0 Å². The Morgan fingerprint density at radius 3 is 3.00 bits per heavy atom. The van der Waals surface area contributed by atoms with Gasteiger partial charge >= 0.3 is 12.0 Å². The summed E-state index contributed by atoms with van der Waals surface area (Å²) in [5.74, 6) is 0.235. The van der Waals surface area contributed by atoms with Crippen LogP contribution in [0.15, 0.2) is 10.6 Å². The highest BCUT2D eigenvalue weighted by Crippen LogP contribution is 2.17. The summed E-state index contributed by atoms with van der Waals surface area (Å²) in [4.78, 5) is 28.6. The molecule has 2 heterocycles. The second-order valence-electron chi connectivity index (χ2n) is 4.78. The van der Waals surface area contributed by atoms with Crippen LogP contribution in [0.5, 0.6) is 0 Å². The van der Waals surface area contributed by atoms with Crippen LogP contribution in [0.3, 0.4) is 0 Å². The predicted molar refractivity (Wildman–Crippen MR) is 70.1 cm³/mol. The van der Waals surface area contributed by atoms with Crippen molar-refractivity contribution in [2.75, 3.05) is 6.54 Å². The maximum absolute atomic E-state index is 12.0. The molecule has 0 radical (unpaired) electrons. The Kier molecular flexibility index (Phi) is 4.60. The highest BCUT2D eigenvalue weighted by Gasteiger charge is 2.31. The number of carbonyl (C=O) groups excluding carboxylic acids is 1. The fourth-order valence-electron chi connectivity index (χ4n) is 2.28. The molecule has 1 aromatic rings. The highest BCUT2D eigenvalue weighted by molar-refractivity contribution is 5.82. The molecular weight excluding hydrogens is 262 g/mol. The van der Waals surface area contributed by atoms with Gasteiger partial charge in [0.2, 0.25) is 5.89 Å². The lowest BCUT2D eigenvalue weighted by Gasteiger charge is -2.32. The van der Waals surface area contributed by atoms with E-state index in [4.69, 9.17) is 9.52 Å². The number of aromatic nitrogens is 1. The second-order valence-corrected chi connectivity index (χ2v) is 4.78. The zero-order valence-corrected chi connectivity index (χ0v) is 11.5. The molecule has 1 atom stereocenters. The standard InChI is InChI=1S/C13H19N3O4/c1-2-9-7-14-11(20-9)8-15-13(19)16-6-4-3-5-10(16)12(17)18/h7,10H,2-6,8H2,1H3,(H,15,19)(H,17,18). The van der Waals surface area contributed by atoms with Gasteiger partial charge in [-0.15, -0.1) is 0 Å². The molecule has 1 fully saturated rings. The number of rotatable bonds is 4. The lowest BCUT2D eigenvalue weighted by Crippen LogP contribution is -2.51. The van der Waals surface area contributed by atoms with E-state index in [0.29, 0.717) is 18.9 Å². The summed E-state index contributed by atoms with van der Waals surface area (Å²) in [7, 11) is 0. The third kappa shape index (κ3) is 3.28. The molecule has 0 spiro atoms. The van der Waals surface area contributed by atoms with Crippen molar-refractivity contribution in [1.82, 2.24) is 15.2 Å².